The highest BCUT2D eigenvalue weighted by atomic mass is 32.2. The van der Waals surface area contributed by atoms with Crippen molar-refractivity contribution in [2.75, 3.05) is 17.3 Å². The van der Waals surface area contributed by atoms with Crippen LogP contribution in [0.15, 0.2) is 29.2 Å². The average molecular weight is 285 g/mol. The van der Waals surface area contributed by atoms with E-state index in [-0.39, 0.29) is 23.5 Å². The van der Waals surface area contributed by atoms with Gasteiger partial charge in [0, 0.05) is 22.6 Å². The van der Waals surface area contributed by atoms with E-state index in [1.165, 1.54) is 10.5 Å². The number of hydrogen-bond acceptors (Lipinski definition) is 4. The molecule has 1 heterocycles. The molecule has 2 N–H and O–H groups in total. The minimum Gasteiger partial charge on any atom is -0.327 e. The summed E-state index contributed by atoms with van der Waals surface area (Å²) >= 11 is 1.75. The van der Waals surface area contributed by atoms with Crippen molar-refractivity contribution in [3.05, 3.63) is 29.8 Å². The van der Waals surface area contributed by atoms with Crippen molar-refractivity contribution in [1.82, 2.24) is 0 Å². The van der Waals surface area contributed by atoms with E-state index in [1.54, 1.807) is 11.8 Å². The molecule has 1 aliphatic rings. The predicted octanol–water partition coefficient (Wildman–Crippen LogP) is 2.03. The summed E-state index contributed by atoms with van der Waals surface area (Å²) in [4.78, 5) is 1.22. The molecule has 0 spiro atoms. The van der Waals surface area contributed by atoms with Crippen LogP contribution in [0.5, 0.6) is 0 Å². The normalized spacial score (nSPS) is 20.7. The van der Waals surface area contributed by atoms with Gasteiger partial charge in [0.05, 0.1) is 11.5 Å². The van der Waals surface area contributed by atoms with Gasteiger partial charge in [0.2, 0.25) is 0 Å². The molecule has 0 aliphatic carbocycles. The molecule has 0 saturated heterocycles. The fourth-order valence-electron chi connectivity index (χ4n) is 2.19. The predicted molar refractivity (Wildman–Crippen MR) is 76.8 cm³/mol. The standard InChI is InChI=1S/C13H19NO2S2/c1-2-11(14)9-18(15,16)8-10-7-17-13-6-4-3-5-12(10)13/h3-6,10-11H,2,7-9,14H2,1H3. The molecule has 0 fully saturated rings. The van der Waals surface area contributed by atoms with Crippen molar-refractivity contribution in [1.29, 1.82) is 0 Å². The quantitative estimate of drug-likeness (QED) is 0.899. The molecular formula is C13H19NO2S2. The second kappa shape index (κ2) is 5.63. The Kier molecular flexibility index (Phi) is 4.35. The highest BCUT2D eigenvalue weighted by Crippen LogP contribution is 2.39. The zero-order chi connectivity index (χ0) is 13.2. The Balaban J connectivity index is 2.08. The average Bonchev–Trinajstić information content (AvgIpc) is 2.71. The minimum absolute atomic E-state index is 0.104. The Hall–Kier alpha value is -0.520. The first-order valence-electron chi connectivity index (χ1n) is 6.19. The number of hydrogen-bond donors (Lipinski definition) is 1. The van der Waals surface area contributed by atoms with Crippen molar-refractivity contribution < 1.29 is 8.42 Å². The van der Waals surface area contributed by atoms with Gasteiger partial charge in [0.1, 0.15) is 0 Å². The third-order valence-electron chi connectivity index (χ3n) is 3.25. The van der Waals surface area contributed by atoms with Crippen LogP contribution in [0.3, 0.4) is 0 Å². The van der Waals surface area contributed by atoms with E-state index < -0.39 is 9.84 Å². The van der Waals surface area contributed by atoms with Crippen LogP contribution in [0.2, 0.25) is 0 Å². The Morgan fingerprint density at radius 2 is 2.17 bits per heavy atom. The first kappa shape index (κ1) is 13.9. The van der Waals surface area contributed by atoms with Gasteiger partial charge in [-0.2, -0.15) is 0 Å². The molecule has 18 heavy (non-hydrogen) atoms. The lowest BCUT2D eigenvalue weighted by molar-refractivity contribution is 0.579. The summed E-state index contributed by atoms with van der Waals surface area (Å²) in [5, 5.41) is 0. The first-order chi connectivity index (χ1) is 8.52. The van der Waals surface area contributed by atoms with E-state index in [0.717, 1.165) is 5.75 Å². The summed E-state index contributed by atoms with van der Waals surface area (Å²) in [6.45, 7) is 1.92. The number of nitrogens with two attached hydrogens (primary N) is 1. The number of thioether (sulfide) groups is 1. The summed E-state index contributed by atoms with van der Waals surface area (Å²) in [6, 6.07) is 7.83. The molecule has 100 valence electrons. The van der Waals surface area contributed by atoms with Crippen molar-refractivity contribution in [3.8, 4) is 0 Å². The second-order valence-corrected chi connectivity index (χ2v) is 8.01. The van der Waals surface area contributed by atoms with Gasteiger partial charge in [-0.3, -0.25) is 0 Å². The van der Waals surface area contributed by atoms with Crippen molar-refractivity contribution in [3.63, 3.8) is 0 Å². The van der Waals surface area contributed by atoms with Gasteiger partial charge >= 0.3 is 0 Å². The fourth-order valence-corrected chi connectivity index (χ4v) is 5.52. The molecule has 2 atom stereocenters. The SMILES string of the molecule is CCC(N)CS(=O)(=O)CC1CSc2ccccc21. The molecule has 5 heteroatoms. The molecule has 0 saturated carbocycles. The van der Waals surface area contributed by atoms with Crippen LogP contribution in [-0.4, -0.2) is 31.7 Å². The summed E-state index contributed by atoms with van der Waals surface area (Å²) in [6.07, 6.45) is 0.704. The largest absolute Gasteiger partial charge is 0.327 e. The Bertz CT molecular complexity index is 513. The highest BCUT2D eigenvalue weighted by Gasteiger charge is 2.28. The van der Waals surface area contributed by atoms with Gasteiger partial charge in [-0.25, -0.2) is 8.42 Å². The Morgan fingerprint density at radius 1 is 1.44 bits per heavy atom. The maximum atomic E-state index is 12.1. The van der Waals surface area contributed by atoms with E-state index in [4.69, 9.17) is 5.73 Å². The smallest absolute Gasteiger partial charge is 0.152 e. The third kappa shape index (κ3) is 3.28. The van der Waals surface area contributed by atoms with E-state index in [9.17, 15) is 8.42 Å². The molecule has 1 aromatic rings. The number of sulfone groups is 1. The molecule has 0 aromatic heterocycles. The van der Waals surface area contributed by atoms with Crippen LogP contribution in [0.25, 0.3) is 0 Å². The van der Waals surface area contributed by atoms with Crippen LogP contribution < -0.4 is 5.73 Å². The van der Waals surface area contributed by atoms with Crippen LogP contribution in [-0.2, 0) is 9.84 Å². The van der Waals surface area contributed by atoms with Gasteiger partial charge < -0.3 is 5.73 Å². The summed E-state index contributed by atoms with van der Waals surface area (Å²) in [7, 11) is -3.06. The second-order valence-electron chi connectivity index (χ2n) is 4.79. The van der Waals surface area contributed by atoms with Gasteiger partial charge in [-0.05, 0) is 18.1 Å². The number of fused-ring (bicyclic) bond motifs is 1. The number of benzene rings is 1. The lowest BCUT2D eigenvalue weighted by Gasteiger charge is -2.14. The lowest BCUT2D eigenvalue weighted by Crippen LogP contribution is -2.31. The monoisotopic (exact) mass is 285 g/mol. The molecule has 1 aromatic carbocycles. The molecule has 2 rings (SSSR count). The van der Waals surface area contributed by atoms with Gasteiger partial charge in [0.15, 0.2) is 9.84 Å². The fraction of sp³-hybridized carbons (Fsp3) is 0.538. The zero-order valence-electron chi connectivity index (χ0n) is 10.5. The molecule has 1 aliphatic heterocycles. The molecule has 2 unspecified atom stereocenters. The van der Waals surface area contributed by atoms with Gasteiger partial charge in [-0.15, -0.1) is 11.8 Å². The van der Waals surface area contributed by atoms with E-state index in [2.05, 4.69) is 6.07 Å². The van der Waals surface area contributed by atoms with Crippen LogP contribution >= 0.6 is 11.8 Å². The molecule has 0 radical (unpaired) electrons. The van der Waals surface area contributed by atoms with E-state index in [0.29, 0.717) is 6.42 Å². The Labute approximate surface area is 113 Å². The molecular weight excluding hydrogens is 266 g/mol. The molecule has 0 amide bonds. The third-order valence-corrected chi connectivity index (χ3v) is 6.34. The summed E-state index contributed by atoms with van der Waals surface area (Å²) in [5.41, 5.74) is 6.92. The molecule has 3 nitrogen and oxygen atoms in total. The zero-order valence-corrected chi connectivity index (χ0v) is 12.1. The topological polar surface area (TPSA) is 60.2 Å². The highest BCUT2D eigenvalue weighted by molar-refractivity contribution is 7.99. The van der Waals surface area contributed by atoms with Crippen molar-refractivity contribution >= 4 is 21.6 Å². The maximum Gasteiger partial charge on any atom is 0.152 e. The molecule has 0 bridgehead atoms. The van der Waals surface area contributed by atoms with Gasteiger partial charge in [-0.1, -0.05) is 25.1 Å². The van der Waals surface area contributed by atoms with Gasteiger partial charge in [0.25, 0.3) is 0 Å². The van der Waals surface area contributed by atoms with Crippen molar-refractivity contribution in [2.45, 2.75) is 30.2 Å². The van der Waals surface area contributed by atoms with Crippen LogP contribution in [0, 0.1) is 0 Å². The van der Waals surface area contributed by atoms with Crippen LogP contribution in [0.4, 0.5) is 0 Å². The van der Waals surface area contributed by atoms with E-state index >= 15 is 0 Å². The van der Waals surface area contributed by atoms with Crippen molar-refractivity contribution in [2.24, 2.45) is 5.73 Å². The van der Waals surface area contributed by atoms with Crippen LogP contribution in [0.1, 0.15) is 24.8 Å². The maximum absolute atomic E-state index is 12.1. The summed E-state index contributed by atoms with van der Waals surface area (Å²) < 4.78 is 24.2. The lowest BCUT2D eigenvalue weighted by atomic mass is 10.0. The number of rotatable bonds is 5. The Morgan fingerprint density at radius 3 is 2.89 bits per heavy atom. The minimum atomic E-state index is -3.06. The summed E-state index contributed by atoms with van der Waals surface area (Å²) in [5.74, 6) is 1.32. The first-order valence-corrected chi connectivity index (χ1v) is 9.00. The van der Waals surface area contributed by atoms with E-state index in [1.807, 2.05) is 25.1 Å².